The summed E-state index contributed by atoms with van der Waals surface area (Å²) in [7, 11) is 0. The lowest BCUT2D eigenvalue weighted by Gasteiger charge is -2.17. The molecule has 1 nitrogen and oxygen atoms in total. The Hall–Kier alpha value is -0.0400. The molecule has 0 aromatic heterocycles. The Labute approximate surface area is 67.5 Å². The third-order valence-corrected chi connectivity index (χ3v) is 2.03. The second-order valence-corrected chi connectivity index (χ2v) is 3.47. The molecule has 1 aliphatic rings. The van der Waals surface area contributed by atoms with Crippen molar-refractivity contribution in [3.05, 3.63) is 0 Å². The molecule has 1 fully saturated rings. The van der Waals surface area contributed by atoms with E-state index in [1.165, 1.54) is 32.1 Å². The van der Waals surface area contributed by atoms with Crippen LogP contribution >= 0.6 is 11.6 Å². The van der Waals surface area contributed by atoms with Gasteiger partial charge in [-0.3, -0.25) is 4.99 Å². The van der Waals surface area contributed by atoms with Crippen LogP contribution in [0.15, 0.2) is 4.99 Å². The van der Waals surface area contributed by atoms with Gasteiger partial charge in [-0.05, 0) is 19.8 Å². The lowest BCUT2D eigenvalue weighted by molar-refractivity contribution is 0.444. The molecule has 0 radical (unpaired) electrons. The van der Waals surface area contributed by atoms with Crippen LogP contribution in [0, 0.1) is 0 Å². The van der Waals surface area contributed by atoms with Gasteiger partial charge in [-0.2, -0.15) is 0 Å². The summed E-state index contributed by atoms with van der Waals surface area (Å²) in [5.41, 5.74) is 0. The quantitative estimate of drug-likeness (QED) is 0.522. The van der Waals surface area contributed by atoms with Gasteiger partial charge in [0.2, 0.25) is 0 Å². The fraction of sp³-hybridized carbons (Fsp3) is 0.875. The minimum Gasteiger partial charge on any atom is -0.275 e. The number of rotatable bonds is 1. The van der Waals surface area contributed by atoms with Crippen molar-refractivity contribution in [3.63, 3.8) is 0 Å². The van der Waals surface area contributed by atoms with Crippen LogP contribution in [0.5, 0.6) is 0 Å². The Morgan fingerprint density at radius 3 is 2.40 bits per heavy atom. The molecule has 0 saturated heterocycles. The van der Waals surface area contributed by atoms with E-state index >= 15 is 0 Å². The van der Waals surface area contributed by atoms with Crippen molar-refractivity contribution in [3.8, 4) is 0 Å². The maximum absolute atomic E-state index is 5.66. The van der Waals surface area contributed by atoms with Crippen LogP contribution in [0.1, 0.15) is 39.0 Å². The molecule has 0 spiro atoms. The van der Waals surface area contributed by atoms with Crippen molar-refractivity contribution < 1.29 is 0 Å². The van der Waals surface area contributed by atoms with Crippen LogP contribution in [0.3, 0.4) is 0 Å². The number of halogens is 1. The molecule has 0 N–H and O–H groups in total. The van der Waals surface area contributed by atoms with E-state index in [1.807, 2.05) is 6.92 Å². The van der Waals surface area contributed by atoms with Gasteiger partial charge in [0.1, 0.15) is 0 Å². The molecule has 0 heterocycles. The van der Waals surface area contributed by atoms with E-state index in [0.717, 1.165) is 0 Å². The zero-order valence-corrected chi connectivity index (χ0v) is 7.19. The normalized spacial score (nSPS) is 23.2. The van der Waals surface area contributed by atoms with Gasteiger partial charge in [0.25, 0.3) is 0 Å². The van der Waals surface area contributed by atoms with Crippen LogP contribution in [0.25, 0.3) is 0 Å². The molecule has 2 heteroatoms. The summed E-state index contributed by atoms with van der Waals surface area (Å²) in [5.74, 6) is 0. The molecule has 1 aliphatic carbocycles. The summed E-state index contributed by atoms with van der Waals surface area (Å²) < 4.78 is 0. The Bertz CT molecular complexity index is 121. The summed E-state index contributed by atoms with van der Waals surface area (Å²) in [5, 5.41) is 0.715. The molecular formula is C8H14ClN. The summed E-state index contributed by atoms with van der Waals surface area (Å²) in [6, 6.07) is 0.534. The molecule has 1 saturated carbocycles. The van der Waals surface area contributed by atoms with E-state index < -0.39 is 0 Å². The summed E-state index contributed by atoms with van der Waals surface area (Å²) >= 11 is 5.66. The zero-order chi connectivity index (χ0) is 7.40. The van der Waals surface area contributed by atoms with Crippen LogP contribution in [0.2, 0.25) is 0 Å². The van der Waals surface area contributed by atoms with Gasteiger partial charge in [-0.1, -0.05) is 30.9 Å². The first-order valence-electron chi connectivity index (χ1n) is 3.99. The van der Waals surface area contributed by atoms with Gasteiger partial charge >= 0.3 is 0 Å². The predicted molar refractivity (Wildman–Crippen MR) is 45.8 cm³/mol. The predicted octanol–water partition coefficient (Wildman–Crippen LogP) is 2.98. The Kier molecular flexibility index (Phi) is 3.20. The van der Waals surface area contributed by atoms with Crippen LogP contribution < -0.4 is 0 Å². The highest BCUT2D eigenvalue weighted by molar-refractivity contribution is 6.64. The minimum atomic E-state index is 0.534. The standard InChI is InChI=1S/C8H14ClN/c1-7(9)10-8-5-3-2-4-6-8/h8H,2-6H2,1H3. The van der Waals surface area contributed by atoms with Crippen LogP contribution in [-0.4, -0.2) is 11.2 Å². The smallest absolute Gasteiger partial charge is 0.0975 e. The summed E-state index contributed by atoms with van der Waals surface area (Å²) in [4.78, 5) is 4.32. The van der Waals surface area contributed by atoms with Crippen LogP contribution in [0.4, 0.5) is 0 Å². The van der Waals surface area contributed by atoms with Crippen molar-refractivity contribution in [2.45, 2.75) is 45.1 Å². The first-order valence-corrected chi connectivity index (χ1v) is 4.37. The molecule has 0 aromatic carbocycles. The zero-order valence-electron chi connectivity index (χ0n) is 6.44. The average molecular weight is 160 g/mol. The first kappa shape index (κ1) is 8.06. The fourth-order valence-electron chi connectivity index (χ4n) is 1.46. The molecule has 0 aliphatic heterocycles. The number of nitrogens with zero attached hydrogens (tertiary/aromatic N) is 1. The van der Waals surface area contributed by atoms with Gasteiger partial charge in [0.15, 0.2) is 0 Å². The van der Waals surface area contributed by atoms with Gasteiger partial charge in [0.05, 0.1) is 11.2 Å². The molecule has 0 bridgehead atoms. The van der Waals surface area contributed by atoms with Crippen molar-refractivity contribution >= 4 is 16.8 Å². The summed E-state index contributed by atoms with van der Waals surface area (Å²) in [6.45, 7) is 1.86. The number of aliphatic imine (C=N–C) groups is 1. The highest BCUT2D eigenvalue weighted by Crippen LogP contribution is 2.20. The van der Waals surface area contributed by atoms with Crippen molar-refractivity contribution in [2.75, 3.05) is 0 Å². The van der Waals surface area contributed by atoms with E-state index in [1.54, 1.807) is 0 Å². The Balaban J connectivity index is 2.33. The van der Waals surface area contributed by atoms with Crippen molar-refractivity contribution in [2.24, 2.45) is 4.99 Å². The third kappa shape index (κ3) is 2.70. The molecule has 0 unspecified atom stereocenters. The molecule has 0 aromatic rings. The average Bonchev–Trinajstić information content (AvgIpc) is 1.88. The van der Waals surface area contributed by atoms with Gasteiger partial charge < -0.3 is 0 Å². The van der Waals surface area contributed by atoms with E-state index in [0.29, 0.717) is 11.2 Å². The van der Waals surface area contributed by atoms with E-state index in [9.17, 15) is 0 Å². The fourth-order valence-corrected chi connectivity index (χ4v) is 1.60. The van der Waals surface area contributed by atoms with Gasteiger partial charge in [0, 0.05) is 0 Å². The largest absolute Gasteiger partial charge is 0.275 e. The maximum Gasteiger partial charge on any atom is 0.0975 e. The second kappa shape index (κ2) is 3.97. The van der Waals surface area contributed by atoms with E-state index in [-0.39, 0.29) is 0 Å². The number of hydrogen-bond acceptors (Lipinski definition) is 1. The monoisotopic (exact) mass is 159 g/mol. The van der Waals surface area contributed by atoms with Gasteiger partial charge in [-0.15, -0.1) is 0 Å². The highest BCUT2D eigenvalue weighted by atomic mass is 35.5. The van der Waals surface area contributed by atoms with E-state index in [2.05, 4.69) is 4.99 Å². The Morgan fingerprint density at radius 2 is 1.90 bits per heavy atom. The lowest BCUT2D eigenvalue weighted by atomic mass is 9.96. The minimum absolute atomic E-state index is 0.534. The second-order valence-electron chi connectivity index (χ2n) is 2.92. The van der Waals surface area contributed by atoms with Crippen molar-refractivity contribution in [1.82, 2.24) is 0 Å². The molecule has 10 heavy (non-hydrogen) atoms. The molecule has 1 rings (SSSR count). The summed E-state index contributed by atoms with van der Waals surface area (Å²) in [6.07, 6.45) is 6.53. The number of hydrogen-bond donors (Lipinski definition) is 0. The van der Waals surface area contributed by atoms with Gasteiger partial charge in [-0.25, -0.2) is 0 Å². The molecule has 58 valence electrons. The highest BCUT2D eigenvalue weighted by Gasteiger charge is 2.11. The topological polar surface area (TPSA) is 12.4 Å². The maximum atomic E-state index is 5.66. The molecule has 0 amide bonds. The third-order valence-electron chi connectivity index (χ3n) is 1.94. The lowest BCUT2D eigenvalue weighted by Crippen LogP contribution is -2.10. The molecular weight excluding hydrogens is 146 g/mol. The SMILES string of the molecule is CC(Cl)=NC1CCCCC1. The van der Waals surface area contributed by atoms with Crippen molar-refractivity contribution in [1.29, 1.82) is 0 Å². The first-order chi connectivity index (χ1) is 4.79. The van der Waals surface area contributed by atoms with Crippen LogP contribution in [-0.2, 0) is 0 Å². The Morgan fingerprint density at radius 1 is 1.30 bits per heavy atom. The molecule has 0 atom stereocenters. The van der Waals surface area contributed by atoms with E-state index in [4.69, 9.17) is 11.6 Å².